The number of rotatable bonds is 4. The Morgan fingerprint density at radius 2 is 1.96 bits per heavy atom. The maximum atomic E-state index is 11.4. The van der Waals surface area contributed by atoms with Gasteiger partial charge in [0.2, 0.25) is 0 Å². The van der Waals surface area contributed by atoms with Gasteiger partial charge in [-0.3, -0.25) is 4.79 Å². The fraction of sp³-hybridized carbons (Fsp3) is 0.783. The molecule has 2 saturated carbocycles. The van der Waals surface area contributed by atoms with Crippen LogP contribution < -0.4 is 0 Å². The highest BCUT2D eigenvalue weighted by Gasteiger charge is 2.63. The van der Waals surface area contributed by atoms with Gasteiger partial charge in [-0.2, -0.15) is 0 Å². The molecule has 0 aromatic rings. The van der Waals surface area contributed by atoms with Gasteiger partial charge in [0.15, 0.2) is 0 Å². The highest BCUT2D eigenvalue weighted by molar-refractivity contribution is 5.66. The van der Waals surface area contributed by atoms with E-state index in [-0.39, 0.29) is 17.3 Å². The average Bonchev–Trinajstić information content (AvgIpc) is 2.91. The number of hydrogen-bond donors (Lipinski definition) is 2. The van der Waals surface area contributed by atoms with Crippen molar-refractivity contribution in [1.82, 2.24) is 0 Å². The molecule has 0 aromatic heterocycles. The predicted molar refractivity (Wildman–Crippen MR) is 104 cm³/mol. The van der Waals surface area contributed by atoms with E-state index in [1.807, 2.05) is 0 Å². The summed E-state index contributed by atoms with van der Waals surface area (Å²) in [5.74, 6) is 2.06. The summed E-state index contributed by atoms with van der Waals surface area (Å²) in [6.07, 6.45) is 12.3. The minimum atomic E-state index is -0.818. The van der Waals surface area contributed by atoms with Crippen LogP contribution in [0.5, 0.6) is 0 Å². The minimum absolute atomic E-state index is 0.0687. The third-order valence-corrected chi connectivity index (χ3v) is 9.07. The zero-order valence-corrected chi connectivity index (χ0v) is 17.0. The lowest BCUT2D eigenvalue weighted by molar-refractivity contribution is -0.145. The fourth-order valence-corrected chi connectivity index (χ4v) is 7.30. The topological polar surface area (TPSA) is 66.8 Å². The van der Waals surface area contributed by atoms with Crippen LogP contribution in [0.25, 0.3) is 0 Å². The molecular weight excluding hydrogens is 340 g/mol. The number of hydrogen-bond acceptors (Lipinski definition) is 3. The van der Waals surface area contributed by atoms with Crippen molar-refractivity contribution in [2.45, 2.75) is 77.2 Å². The van der Waals surface area contributed by atoms with Gasteiger partial charge in [-0.25, -0.2) is 0 Å². The second-order valence-electron chi connectivity index (χ2n) is 9.92. The van der Waals surface area contributed by atoms with E-state index in [1.54, 1.807) is 7.11 Å². The summed E-state index contributed by atoms with van der Waals surface area (Å²) in [6, 6.07) is 0. The highest BCUT2D eigenvalue weighted by Crippen LogP contribution is 2.67. The third-order valence-electron chi connectivity index (χ3n) is 9.07. The first-order valence-corrected chi connectivity index (χ1v) is 10.6. The zero-order valence-electron chi connectivity index (χ0n) is 17.0. The molecule has 0 heterocycles. The monoisotopic (exact) mass is 374 g/mol. The number of aliphatic carboxylic acids is 1. The van der Waals surface area contributed by atoms with Crippen LogP contribution >= 0.6 is 0 Å². The quantitative estimate of drug-likeness (QED) is 0.749. The van der Waals surface area contributed by atoms with Gasteiger partial charge < -0.3 is 14.9 Å². The van der Waals surface area contributed by atoms with Crippen molar-refractivity contribution in [3.8, 4) is 0 Å². The molecule has 2 N–H and O–H groups in total. The largest absolute Gasteiger partial charge is 0.501 e. The van der Waals surface area contributed by atoms with Crippen molar-refractivity contribution in [2.75, 3.05) is 7.11 Å². The predicted octanol–water partition coefficient (Wildman–Crippen LogP) is 4.69. The molecule has 4 aliphatic carbocycles. The van der Waals surface area contributed by atoms with E-state index >= 15 is 0 Å². The molecule has 4 heteroatoms. The van der Waals surface area contributed by atoms with E-state index in [0.29, 0.717) is 24.2 Å². The lowest BCUT2D eigenvalue weighted by Gasteiger charge is -2.58. The Balaban J connectivity index is 1.62. The van der Waals surface area contributed by atoms with Gasteiger partial charge in [-0.15, -0.1) is 0 Å². The minimum Gasteiger partial charge on any atom is -0.501 e. The summed E-state index contributed by atoms with van der Waals surface area (Å²) in [6.45, 7) is 4.68. The van der Waals surface area contributed by atoms with E-state index in [2.05, 4.69) is 26.0 Å². The molecule has 4 nitrogen and oxygen atoms in total. The Kier molecular flexibility index (Phi) is 4.49. The molecule has 0 aliphatic heterocycles. The molecule has 4 rings (SSSR count). The van der Waals surface area contributed by atoms with Crippen LogP contribution in [0.4, 0.5) is 0 Å². The number of methoxy groups -OCH3 is 1. The molecule has 27 heavy (non-hydrogen) atoms. The normalized spacial score (nSPS) is 45.9. The molecule has 150 valence electrons. The standard InChI is InChI=1S/C23H34O4/c1-21-10-6-16(27-3)14-15(21)4-5-17-18(21)7-11-22(2)19(17)8-12-23(22,26)13-9-20(24)25/h4,14,17-19,26H,5-13H2,1-3H3,(H,24,25)/t17-,18+,19+,21+,22+,23+/m1/s1. The summed E-state index contributed by atoms with van der Waals surface area (Å²) < 4.78 is 5.52. The van der Waals surface area contributed by atoms with Crippen molar-refractivity contribution in [3.63, 3.8) is 0 Å². The van der Waals surface area contributed by atoms with E-state index in [9.17, 15) is 9.90 Å². The van der Waals surface area contributed by atoms with Crippen molar-refractivity contribution in [3.05, 3.63) is 23.5 Å². The average molecular weight is 375 g/mol. The van der Waals surface area contributed by atoms with Crippen LogP contribution in [-0.2, 0) is 9.53 Å². The smallest absolute Gasteiger partial charge is 0.303 e. The van der Waals surface area contributed by atoms with Crippen molar-refractivity contribution in [2.24, 2.45) is 28.6 Å². The van der Waals surface area contributed by atoms with Crippen LogP contribution in [0.1, 0.15) is 71.6 Å². The third kappa shape index (κ3) is 2.70. The number of fused-ring (bicyclic) bond motifs is 5. The van der Waals surface area contributed by atoms with Gasteiger partial charge in [0.25, 0.3) is 0 Å². The Bertz CT molecular complexity index is 694. The van der Waals surface area contributed by atoms with E-state index in [0.717, 1.165) is 50.7 Å². The lowest BCUT2D eigenvalue weighted by Crippen LogP contribution is -2.54. The number of ether oxygens (including phenoxy) is 1. The molecule has 0 radical (unpaired) electrons. The Hall–Kier alpha value is -1.29. The number of carbonyl (C=O) groups is 1. The highest BCUT2D eigenvalue weighted by atomic mass is 16.5. The molecule has 0 aromatic carbocycles. The number of carboxylic acids is 1. The zero-order chi connectivity index (χ0) is 19.4. The second kappa shape index (κ2) is 6.37. The number of aliphatic hydroxyl groups is 1. The van der Waals surface area contributed by atoms with Crippen LogP contribution in [0.3, 0.4) is 0 Å². The molecule has 4 aliphatic rings. The van der Waals surface area contributed by atoms with Gasteiger partial charge in [-0.05, 0) is 85.2 Å². The first-order valence-electron chi connectivity index (χ1n) is 10.6. The summed E-state index contributed by atoms with van der Waals surface area (Å²) in [5, 5.41) is 20.6. The molecule has 0 saturated heterocycles. The first kappa shape index (κ1) is 19.0. The number of carboxylic acid groups (broad SMARTS) is 1. The van der Waals surface area contributed by atoms with Gasteiger partial charge in [0.05, 0.1) is 18.5 Å². The molecule has 0 unspecified atom stereocenters. The van der Waals surface area contributed by atoms with Gasteiger partial charge in [0.1, 0.15) is 0 Å². The molecule has 6 atom stereocenters. The van der Waals surface area contributed by atoms with Crippen molar-refractivity contribution in [1.29, 1.82) is 0 Å². The number of allylic oxidation sites excluding steroid dienone is 4. The van der Waals surface area contributed by atoms with Gasteiger partial charge in [-0.1, -0.05) is 19.9 Å². The molecule has 2 fully saturated rings. The van der Waals surface area contributed by atoms with Gasteiger partial charge >= 0.3 is 5.97 Å². The Morgan fingerprint density at radius 1 is 1.22 bits per heavy atom. The van der Waals surface area contributed by atoms with E-state index < -0.39 is 11.6 Å². The van der Waals surface area contributed by atoms with Crippen LogP contribution in [-0.4, -0.2) is 28.9 Å². The summed E-state index contributed by atoms with van der Waals surface area (Å²) >= 11 is 0. The molecule has 0 spiro atoms. The maximum absolute atomic E-state index is 11.4. The SMILES string of the molecule is COC1=CC2=CC[C@@H]3[C@H](CC[C@@]4(C)[C@H]3CC[C@]4(O)CCC(=O)O)[C@@]2(C)CC1. The van der Waals surface area contributed by atoms with Gasteiger partial charge in [0, 0.05) is 12.8 Å². The molecule has 0 amide bonds. The van der Waals surface area contributed by atoms with Crippen LogP contribution in [0.2, 0.25) is 0 Å². The van der Waals surface area contributed by atoms with Crippen LogP contribution in [0.15, 0.2) is 23.5 Å². The Labute approximate surface area is 162 Å². The maximum Gasteiger partial charge on any atom is 0.303 e. The van der Waals surface area contributed by atoms with Crippen molar-refractivity contribution < 1.29 is 19.7 Å². The summed E-state index contributed by atoms with van der Waals surface area (Å²) in [4.78, 5) is 11.1. The molecule has 0 bridgehead atoms. The fourth-order valence-electron chi connectivity index (χ4n) is 7.30. The summed E-state index contributed by atoms with van der Waals surface area (Å²) in [5.41, 5.74) is 0.706. The Morgan fingerprint density at radius 3 is 2.67 bits per heavy atom. The van der Waals surface area contributed by atoms with Crippen LogP contribution in [0, 0.1) is 28.6 Å². The molecular formula is C23H34O4. The summed E-state index contributed by atoms with van der Waals surface area (Å²) in [7, 11) is 1.77. The van der Waals surface area contributed by atoms with Crippen molar-refractivity contribution >= 4 is 5.97 Å². The van der Waals surface area contributed by atoms with E-state index in [4.69, 9.17) is 9.84 Å². The lowest BCUT2D eigenvalue weighted by atomic mass is 9.47. The second-order valence-corrected chi connectivity index (χ2v) is 9.92. The van der Waals surface area contributed by atoms with E-state index in [1.165, 1.54) is 5.57 Å². The first-order chi connectivity index (χ1) is 12.7.